The van der Waals surface area contributed by atoms with Crippen LogP contribution in [0.2, 0.25) is 5.02 Å². The van der Waals surface area contributed by atoms with E-state index in [0.29, 0.717) is 11.6 Å². The van der Waals surface area contributed by atoms with Crippen LogP contribution in [0.4, 0.5) is 5.69 Å². The molecular weight excluding hydrogens is 326 g/mol. The van der Waals surface area contributed by atoms with E-state index >= 15 is 0 Å². The Morgan fingerprint density at radius 1 is 1.25 bits per heavy atom. The lowest BCUT2D eigenvalue weighted by Crippen LogP contribution is -2.26. The number of nitrogens with one attached hydrogen (secondary N) is 2. The van der Waals surface area contributed by atoms with Gasteiger partial charge in [-0.1, -0.05) is 11.6 Å². The molecular formula is C18H16ClN3O2. The zero-order valence-corrected chi connectivity index (χ0v) is 13.6. The van der Waals surface area contributed by atoms with Crippen molar-refractivity contribution in [3.8, 4) is 11.4 Å². The number of aromatic amines is 1. The fourth-order valence-corrected chi connectivity index (χ4v) is 3.01. The molecule has 4 rings (SSSR count). The number of carbonyl (C=O) groups excluding carboxylic acids is 1. The monoisotopic (exact) mass is 341 g/mol. The van der Waals surface area contributed by atoms with Crippen LogP contribution in [0.5, 0.6) is 0 Å². The maximum atomic E-state index is 12.1. The van der Waals surface area contributed by atoms with Gasteiger partial charge in [0.1, 0.15) is 11.9 Å². The molecule has 0 aliphatic carbocycles. The van der Waals surface area contributed by atoms with Crippen LogP contribution in [0.25, 0.3) is 22.4 Å². The molecule has 122 valence electrons. The van der Waals surface area contributed by atoms with Crippen molar-refractivity contribution in [1.82, 2.24) is 9.97 Å². The predicted molar refractivity (Wildman–Crippen MR) is 94.1 cm³/mol. The summed E-state index contributed by atoms with van der Waals surface area (Å²) in [4.78, 5) is 19.9. The maximum Gasteiger partial charge on any atom is 0.253 e. The third-order valence-corrected chi connectivity index (χ3v) is 4.33. The number of nitrogens with zero attached hydrogens (tertiary/aromatic N) is 1. The highest BCUT2D eigenvalue weighted by molar-refractivity contribution is 6.31. The Morgan fingerprint density at radius 3 is 2.83 bits per heavy atom. The van der Waals surface area contributed by atoms with Crippen LogP contribution in [-0.2, 0) is 9.53 Å². The predicted octanol–water partition coefficient (Wildman–Crippen LogP) is 4.00. The van der Waals surface area contributed by atoms with Gasteiger partial charge >= 0.3 is 0 Å². The van der Waals surface area contributed by atoms with Crippen LogP contribution >= 0.6 is 11.6 Å². The van der Waals surface area contributed by atoms with Gasteiger partial charge in [-0.15, -0.1) is 0 Å². The number of aromatic nitrogens is 2. The SMILES string of the molecule is O=C(Nc1ccc(-c2nc3ccc(Cl)cc3[nH]2)cc1)C1CCCO1. The number of ether oxygens (including phenoxy) is 1. The average molecular weight is 342 g/mol. The van der Waals surface area contributed by atoms with Crippen LogP contribution < -0.4 is 5.32 Å². The zero-order valence-electron chi connectivity index (χ0n) is 12.9. The molecule has 1 saturated heterocycles. The Morgan fingerprint density at radius 2 is 2.08 bits per heavy atom. The van der Waals surface area contributed by atoms with Gasteiger partial charge in [0.2, 0.25) is 0 Å². The number of H-pyrrole nitrogens is 1. The fraction of sp³-hybridized carbons (Fsp3) is 0.222. The van der Waals surface area contributed by atoms with Gasteiger partial charge in [0, 0.05) is 22.9 Å². The molecule has 2 heterocycles. The quantitative estimate of drug-likeness (QED) is 0.756. The summed E-state index contributed by atoms with van der Waals surface area (Å²) in [6.07, 6.45) is 1.39. The number of benzene rings is 2. The highest BCUT2D eigenvalue weighted by atomic mass is 35.5. The number of hydrogen-bond acceptors (Lipinski definition) is 3. The Labute approximate surface area is 144 Å². The van der Waals surface area contributed by atoms with Crippen LogP contribution in [-0.4, -0.2) is 28.6 Å². The average Bonchev–Trinajstić information content (AvgIpc) is 3.24. The molecule has 1 aromatic heterocycles. The molecule has 0 spiro atoms. The maximum absolute atomic E-state index is 12.1. The number of anilines is 1. The molecule has 1 aliphatic rings. The summed E-state index contributed by atoms with van der Waals surface area (Å²) in [7, 11) is 0. The van der Waals surface area contributed by atoms with E-state index in [-0.39, 0.29) is 12.0 Å². The van der Waals surface area contributed by atoms with Crippen LogP contribution in [0.1, 0.15) is 12.8 Å². The van der Waals surface area contributed by atoms with Gasteiger partial charge in [0.05, 0.1) is 11.0 Å². The summed E-state index contributed by atoms with van der Waals surface area (Å²) in [6, 6.07) is 13.1. The van der Waals surface area contributed by atoms with Crippen LogP contribution in [0.15, 0.2) is 42.5 Å². The van der Waals surface area contributed by atoms with E-state index in [4.69, 9.17) is 16.3 Å². The van der Waals surface area contributed by atoms with E-state index in [1.54, 1.807) is 0 Å². The van der Waals surface area contributed by atoms with Crippen LogP contribution in [0, 0.1) is 0 Å². The second kappa shape index (κ2) is 6.26. The van der Waals surface area contributed by atoms with Crippen molar-refractivity contribution < 1.29 is 9.53 Å². The summed E-state index contributed by atoms with van der Waals surface area (Å²) < 4.78 is 5.39. The van der Waals surface area contributed by atoms with Gasteiger partial charge in [-0.05, 0) is 55.3 Å². The van der Waals surface area contributed by atoms with E-state index in [9.17, 15) is 4.79 Å². The second-order valence-electron chi connectivity index (χ2n) is 5.82. The lowest BCUT2D eigenvalue weighted by atomic mass is 10.2. The van der Waals surface area contributed by atoms with E-state index in [1.165, 1.54) is 0 Å². The van der Waals surface area contributed by atoms with Gasteiger partial charge in [-0.2, -0.15) is 0 Å². The first-order valence-corrected chi connectivity index (χ1v) is 8.25. The molecule has 1 fully saturated rings. The Hall–Kier alpha value is -2.37. The minimum atomic E-state index is -0.329. The first-order valence-electron chi connectivity index (χ1n) is 7.87. The van der Waals surface area contributed by atoms with Gasteiger partial charge in [0.25, 0.3) is 5.91 Å². The lowest BCUT2D eigenvalue weighted by molar-refractivity contribution is -0.124. The van der Waals surface area contributed by atoms with Gasteiger partial charge < -0.3 is 15.0 Å². The molecule has 1 aliphatic heterocycles. The van der Waals surface area contributed by atoms with E-state index < -0.39 is 0 Å². The van der Waals surface area contributed by atoms with Crippen molar-refractivity contribution >= 4 is 34.2 Å². The lowest BCUT2D eigenvalue weighted by Gasteiger charge is -2.10. The minimum Gasteiger partial charge on any atom is -0.368 e. The third kappa shape index (κ3) is 3.00. The molecule has 6 heteroatoms. The first-order chi connectivity index (χ1) is 11.7. The van der Waals surface area contributed by atoms with Gasteiger partial charge in [0.15, 0.2) is 0 Å². The van der Waals surface area contributed by atoms with E-state index in [1.807, 2.05) is 42.5 Å². The summed E-state index contributed by atoms with van der Waals surface area (Å²) >= 11 is 6.00. The van der Waals surface area contributed by atoms with Crippen molar-refractivity contribution in [2.75, 3.05) is 11.9 Å². The smallest absolute Gasteiger partial charge is 0.253 e. The largest absolute Gasteiger partial charge is 0.368 e. The number of halogens is 1. The number of imidazole rings is 1. The Balaban J connectivity index is 1.53. The Kier molecular flexibility index (Phi) is 3.96. The molecule has 24 heavy (non-hydrogen) atoms. The number of carbonyl (C=O) groups is 1. The molecule has 1 atom stereocenters. The molecule has 0 radical (unpaired) electrons. The summed E-state index contributed by atoms with van der Waals surface area (Å²) in [6.45, 7) is 0.660. The first kappa shape index (κ1) is 15.2. The molecule has 0 bridgehead atoms. The van der Waals surface area contributed by atoms with Crippen molar-refractivity contribution in [2.45, 2.75) is 18.9 Å². The van der Waals surface area contributed by atoms with Crippen molar-refractivity contribution in [2.24, 2.45) is 0 Å². The number of hydrogen-bond donors (Lipinski definition) is 2. The molecule has 2 N–H and O–H groups in total. The van der Waals surface area contributed by atoms with Gasteiger partial charge in [-0.3, -0.25) is 4.79 Å². The normalized spacial score (nSPS) is 17.3. The highest BCUT2D eigenvalue weighted by Gasteiger charge is 2.23. The molecule has 5 nitrogen and oxygen atoms in total. The topological polar surface area (TPSA) is 67.0 Å². The Bertz CT molecular complexity index is 883. The zero-order chi connectivity index (χ0) is 16.5. The molecule has 2 aromatic carbocycles. The van der Waals surface area contributed by atoms with Crippen molar-refractivity contribution in [3.05, 3.63) is 47.5 Å². The van der Waals surface area contributed by atoms with Crippen LogP contribution in [0.3, 0.4) is 0 Å². The number of amides is 1. The summed E-state index contributed by atoms with van der Waals surface area (Å²) in [5.41, 5.74) is 3.45. The molecule has 3 aromatic rings. The second-order valence-corrected chi connectivity index (χ2v) is 6.25. The van der Waals surface area contributed by atoms with Gasteiger partial charge in [-0.25, -0.2) is 4.98 Å². The number of rotatable bonds is 3. The van der Waals surface area contributed by atoms with Crippen molar-refractivity contribution in [1.29, 1.82) is 0 Å². The number of fused-ring (bicyclic) bond motifs is 1. The molecule has 1 unspecified atom stereocenters. The van der Waals surface area contributed by atoms with E-state index in [0.717, 1.165) is 41.0 Å². The summed E-state index contributed by atoms with van der Waals surface area (Å²) in [5, 5.41) is 3.56. The fourth-order valence-electron chi connectivity index (χ4n) is 2.84. The molecule has 0 saturated carbocycles. The summed E-state index contributed by atoms with van der Waals surface area (Å²) in [5.74, 6) is 0.683. The minimum absolute atomic E-state index is 0.0846. The van der Waals surface area contributed by atoms with Crippen molar-refractivity contribution in [3.63, 3.8) is 0 Å². The molecule has 1 amide bonds. The standard InChI is InChI=1S/C18H16ClN3O2/c19-12-5-8-14-15(10-12)22-17(21-14)11-3-6-13(7-4-11)20-18(23)16-2-1-9-24-16/h3-8,10,16H,1-2,9H2,(H,20,23)(H,21,22). The third-order valence-electron chi connectivity index (χ3n) is 4.09. The van der Waals surface area contributed by atoms with E-state index in [2.05, 4.69) is 15.3 Å². The highest BCUT2D eigenvalue weighted by Crippen LogP contribution is 2.24.